The second-order valence-electron chi connectivity index (χ2n) is 10.3. The van der Waals surface area contributed by atoms with Gasteiger partial charge in [0.25, 0.3) is 0 Å². The van der Waals surface area contributed by atoms with Crippen molar-refractivity contribution in [2.45, 2.75) is 70.7 Å². The Morgan fingerprint density at radius 1 is 1.21 bits per heavy atom. The maximum absolute atomic E-state index is 13.7. The summed E-state index contributed by atoms with van der Waals surface area (Å²) in [4.78, 5) is 13.7. The lowest BCUT2D eigenvalue weighted by Gasteiger charge is -2.70. The van der Waals surface area contributed by atoms with E-state index in [2.05, 4.69) is 13.8 Å². The van der Waals surface area contributed by atoms with Crippen molar-refractivity contribution in [1.29, 1.82) is 0 Å². The quantitative estimate of drug-likeness (QED) is 0.681. The van der Waals surface area contributed by atoms with Crippen LogP contribution in [0.15, 0.2) is 11.8 Å². The third-order valence-corrected chi connectivity index (χ3v) is 9.16. The molecule has 0 amide bonds. The largest absolute Gasteiger partial charge is 0.493 e. The van der Waals surface area contributed by atoms with Crippen LogP contribution in [0.2, 0.25) is 0 Å². The second kappa shape index (κ2) is 6.04. The standard InChI is InChI=1S/C22H32O7/c1-10-6-12(26-5)18(24)20(2)11(10)7-14-21(3)13(8-15(23)29-14)22(4,25)19-16(17(20)21)27-9-28-19/h6,10-11,13-17,19,23,25H,7-9H2,1-5H3/t10-,11+,13-,14-,15?,16+,17-,19-,20+,21-,22+/m1/s1. The van der Waals surface area contributed by atoms with Gasteiger partial charge in [-0.25, -0.2) is 0 Å². The topological polar surface area (TPSA) is 94.5 Å². The van der Waals surface area contributed by atoms with E-state index in [-0.39, 0.29) is 42.4 Å². The lowest BCUT2D eigenvalue weighted by Crippen LogP contribution is -2.77. The molecule has 2 N–H and O–H groups in total. The molecule has 11 atom stereocenters. The van der Waals surface area contributed by atoms with E-state index in [1.807, 2.05) is 13.0 Å². The lowest BCUT2D eigenvalue weighted by molar-refractivity contribution is -0.339. The smallest absolute Gasteiger partial charge is 0.203 e. The van der Waals surface area contributed by atoms with Gasteiger partial charge in [-0.05, 0) is 31.3 Å². The number of rotatable bonds is 1. The molecular formula is C22H32O7. The number of ether oxygens (including phenoxy) is 4. The van der Waals surface area contributed by atoms with Gasteiger partial charge in [0.1, 0.15) is 12.9 Å². The molecule has 2 aliphatic heterocycles. The minimum Gasteiger partial charge on any atom is -0.493 e. The van der Waals surface area contributed by atoms with Crippen LogP contribution in [-0.4, -0.2) is 60.1 Å². The van der Waals surface area contributed by atoms with Gasteiger partial charge in [0.2, 0.25) is 5.78 Å². The van der Waals surface area contributed by atoms with E-state index in [9.17, 15) is 15.0 Å². The Morgan fingerprint density at radius 2 is 1.93 bits per heavy atom. The number of carbonyl (C=O) groups is 1. The summed E-state index contributed by atoms with van der Waals surface area (Å²) in [6.07, 6.45) is 0.680. The highest BCUT2D eigenvalue weighted by atomic mass is 16.7. The van der Waals surface area contributed by atoms with Crippen molar-refractivity contribution in [3.05, 3.63) is 11.8 Å². The van der Waals surface area contributed by atoms with Crippen LogP contribution < -0.4 is 0 Å². The molecule has 2 saturated carbocycles. The zero-order valence-corrected chi connectivity index (χ0v) is 17.8. The Hall–Kier alpha value is -0.990. The van der Waals surface area contributed by atoms with Crippen LogP contribution in [0.5, 0.6) is 0 Å². The Bertz CT molecular complexity index is 762. The minimum atomic E-state index is -1.19. The molecule has 0 aromatic rings. The fraction of sp³-hybridized carbons (Fsp3) is 0.864. The molecule has 5 aliphatic rings. The summed E-state index contributed by atoms with van der Waals surface area (Å²) in [6.45, 7) is 8.12. The number of aliphatic hydroxyl groups excluding tert-OH is 1. The van der Waals surface area contributed by atoms with E-state index in [4.69, 9.17) is 18.9 Å². The van der Waals surface area contributed by atoms with Crippen LogP contribution in [0.25, 0.3) is 0 Å². The van der Waals surface area contributed by atoms with Crippen molar-refractivity contribution in [3.63, 3.8) is 0 Å². The van der Waals surface area contributed by atoms with Crippen molar-refractivity contribution in [3.8, 4) is 0 Å². The van der Waals surface area contributed by atoms with Gasteiger partial charge in [-0.15, -0.1) is 0 Å². The number of hydrogen-bond donors (Lipinski definition) is 2. The average Bonchev–Trinajstić information content (AvgIpc) is 3.13. The van der Waals surface area contributed by atoms with Crippen molar-refractivity contribution in [2.24, 2.45) is 34.5 Å². The first kappa shape index (κ1) is 19.9. The zero-order chi connectivity index (χ0) is 20.9. The van der Waals surface area contributed by atoms with Crippen LogP contribution in [0, 0.1) is 34.5 Å². The molecule has 4 fully saturated rings. The summed E-state index contributed by atoms with van der Waals surface area (Å²) < 4.78 is 23.5. The van der Waals surface area contributed by atoms with Crippen LogP contribution in [0.4, 0.5) is 0 Å². The van der Waals surface area contributed by atoms with E-state index in [1.165, 1.54) is 0 Å². The van der Waals surface area contributed by atoms with E-state index in [0.29, 0.717) is 18.6 Å². The molecule has 5 rings (SSSR count). The predicted molar refractivity (Wildman–Crippen MR) is 101 cm³/mol. The molecule has 0 spiro atoms. The Morgan fingerprint density at radius 3 is 2.62 bits per heavy atom. The summed E-state index contributed by atoms with van der Waals surface area (Å²) in [5.74, 6) is 0.0254. The maximum atomic E-state index is 13.7. The molecule has 2 heterocycles. The van der Waals surface area contributed by atoms with E-state index >= 15 is 0 Å². The molecule has 0 aromatic heterocycles. The minimum absolute atomic E-state index is 0.00607. The first-order chi connectivity index (χ1) is 13.6. The number of Topliss-reactive ketones (excluding diaryl/α,β-unsaturated/α-hetero) is 1. The van der Waals surface area contributed by atoms with Crippen LogP contribution in [-0.2, 0) is 23.7 Å². The summed E-state index contributed by atoms with van der Waals surface area (Å²) in [6, 6.07) is 0. The second-order valence-corrected chi connectivity index (χ2v) is 10.3. The average molecular weight is 408 g/mol. The van der Waals surface area contributed by atoms with Crippen LogP contribution in [0.1, 0.15) is 40.5 Å². The number of hydrogen-bond acceptors (Lipinski definition) is 7. The number of aliphatic hydroxyl groups is 2. The molecule has 7 nitrogen and oxygen atoms in total. The number of carbonyl (C=O) groups excluding carboxylic acids is 1. The molecule has 3 aliphatic carbocycles. The normalized spacial score (nSPS) is 58.7. The maximum Gasteiger partial charge on any atom is 0.203 e. The van der Waals surface area contributed by atoms with Gasteiger partial charge in [0, 0.05) is 29.1 Å². The molecule has 0 aromatic carbocycles. The number of methoxy groups -OCH3 is 1. The van der Waals surface area contributed by atoms with Crippen molar-refractivity contribution in [1.82, 2.24) is 0 Å². The summed E-state index contributed by atoms with van der Waals surface area (Å²) in [7, 11) is 1.54. The van der Waals surface area contributed by atoms with Gasteiger partial charge < -0.3 is 29.2 Å². The van der Waals surface area contributed by atoms with Gasteiger partial charge >= 0.3 is 0 Å². The molecular weight excluding hydrogens is 376 g/mol. The molecule has 1 unspecified atom stereocenters. The third-order valence-electron chi connectivity index (χ3n) is 9.16. The summed E-state index contributed by atoms with van der Waals surface area (Å²) in [5, 5.41) is 22.1. The molecule has 7 heteroatoms. The molecule has 0 radical (unpaired) electrons. The molecule has 0 bridgehead atoms. The predicted octanol–water partition coefficient (Wildman–Crippen LogP) is 1.61. The Kier molecular flexibility index (Phi) is 4.15. The first-order valence-corrected chi connectivity index (χ1v) is 10.7. The summed E-state index contributed by atoms with van der Waals surface area (Å²) in [5.41, 5.74) is -2.47. The van der Waals surface area contributed by atoms with Crippen molar-refractivity contribution >= 4 is 5.78 Å². The van der Waals surface area contributed by atoms with Crippen LogP contribution in [0.3, 0.4) is 0 Å². The third kappa shape index (κ3) is 2.23. The number of allylic oxidation sites excluding steroid dienone is 2. The van der Waals surface area contributed by atoms with E-state index in [1.54, 1.807) is 14.0 Å². The number of fused-ring (bicyclic) bond motifs is 4. The Balaban J connectivity index is 1.73. The lowest BCUT2D eigenvalue weighted by atomic mass is 9.37. The molecule has 29 heavy (non-hydrogen) atoms. The van der Waals surface area contributed by atoms with Crippen molar-refractivity contribution < 1.29 is 34.0 Å². The van der Waals surface area contributed by atoms with Gasteiger partial charge in [0.15, 0.2) is 12.0 Å². The fourth-order valence-electron chi connectivity index (χ4n) is 7.99. The first-order valence-electron chi connectivity index (χ1n) is 10.7. The Labute approximate surface area is 171 Å². The summed E-state index contributed by atoms with van der Waals surface area (Å²) >= 11 is 0. The van der Waals surface area contributed by atoms with E-state index < -0.39 is 34.9 Å². The van der Waals surface area contributed by atoms with Gasteiger partial charge in [0.05, 0.1) is 24.9 Å². The monoisotopic (exact) mass is 408 g/mol. The van der Waals surface area contributed by atoms with E-state index in [0.717, 1.165) is 0 Å². The van der Waals surface area contributed by atoms with Crippen LogP contribution >= 0.6 is 0 Å². The van der Waals surface area contributed by atoms with Gasteiger partial charge in [-0.1, -0.05) is 20.8 Å². The highest BCUT2D eigenvalue weighted by molar-refractivity contribution is 5.99. The molecule has 162 valence electrons. The number of ketones is 1. The van der Waals surface area contributed by atoms with Gasteiger partial charge in [-0.3, -0.25) is 4.79 Å². The zero-order valence-electron chi connectivity index (χ0n) is 17.8. The SMILES string of the molecule is COC1=C[C@@H](C)[C@@H]2C[C@H]3OC(O)C[C@H]4[C@](C)(O)[C@@H]5OCO[C@H]5[C@H]([C@@]2(C)C1=O)[C@@]34C. The highest BCUT2D eigenvalue weighted by Gasteiger charge is 2.76. The highest BCUT2D eigenvalue weighted by Crippen LogP contribution is 2.70. The van der Waals surface area contributed by atoms with Crippen molar-refractivity contribution in [2.75, 3.05) is 13.9 Å². The molecule has 2 saturated heterocycles. The van der Waals surface area contributed by atoms with Gasteiger partial charge in [-0.2, -0.15) is 0 Å². The fourth-order valence-corrected chi connectivity index (χ4v) is 7.99.